The highest BCUT2D eigenvalue weighted by molar-refractivity contribution is 7.14. The molecule has 0 aliphatic heterocycles. The first kappa shape index (κ1) is 18.1. The van der Waals surface area contributed by atoms with Gasteiger partial charge in [-0.1, -0.05) is 29.8 Å². The van der Waals surface area contributed by atoms with Crippen LogP contribution in [0.25, 0.3) is 11.3 Å². The third kappa shape index (κ3) is 4.92. The molecule has 1 N–H and O–H groups in total. The Balaban J connectivity index is 1.50. The fourth-order valence-electron chi connectivity index (χ4n) is 2.62. The summed E-state index contributed by atoms with van der Waals surface area (Å²) in [7, 11) is 1.64. The van der Waals surface area contributed by atoms with Crippen molar-refractivity contribution in [1.29, 1.82) is 0 Å². The van der Waals surface area contributed by atoms with Gasteiger partial charge in [-0.25, -0.2) is 4.98 Å². The number of benzene rings is 2. The molecule has 0 atom stereocenters. The molecule has 2 aromatic carbocycles. The molecule has 0 aliphatic carbocycles. The molecule has 5 heteroatoms. The van der Waals surface area contributed by atoms with Crippen molar-refractivity contribution in [1.82, 2.24) is 4.98 Å². The highest BCUT2D eigenvalue weighted by atomic mass is 32.1. The Morgan fingerprint density at radius 2 is 1.85 bits per heavy atom. The number of aryl methyl sites for hydroxylation is 2. The summed E-state index contributed by atoms with van der Waals surface area (Å²) in [6.07, 6.45) is 2.22. The number of ether oxygens (including phenoxy) is 1. The van der Waals surface area contributed by atoms with E-state index in [4.69, 9.17) is 4.74 Å². The summed E-state index contributed by atoms with van der Waals surface area (Å²) in [5.41, 5.74) is 4.37. The van der Waals surface area contributed by atoms with E-state index < -0.39 is 0 Å². The molecule has 4 nitrogen and oxygen atoms in total. The van der Waals surface area contributed by atoms with Crippen molar-refractivity contribution >= 4 is 22.4 Å². The lowest BCUT2D eigenvalue weighted by atomic mass is 10.1. The van der Waals surface area contributed by atoms with Gasteiger partial charge in [0.05, 0.1) is 12.8 Å². The third-order valence-electron chi connectivity index (χ3n) is 4.13. The second-order valence-corrected chi connectivity index (χ2v) is 7.01. The maximum Gasteiger partial charge on any atom is 0.226 e. The maximum atomic E-state index is 12.1. The number of hydrogen-bond acceptors (Lipinski definition) is 4. The average molecular weight is 366 g/mol. The molecule has 1 heterocycles. The summed E-state index contributed by atoms with van der Waals surface area (Å²) < 4.78 is 5.16. The molecule has 3 aromatic rings. The van der Waals surface area contributed by atoms with Gasteiger partial charge in [-0.3, -0.25) is 4.79 Å². The lowest BCUT2D eigenvalue weighted by Crippen LogP contribution is -2.11. The molecule has 1 amide bonds. The molecule has 26 heavy (non-hydrogen) atoms. The largest absolute Gasteiger partial charge is 0.497 e. The topological polar surface area (TPSA) is 51.2 Å². The Morgan fingerprint density at radius 1 is 1.12 bits per heavy atom. The van der Waals surface area contributed by atoms with Crippen LogP contribution < -0.4 is 10.1 Å². The van der Waals surface area contributed by atoms with Crippen LogP contribution in [0.5, 0.6) is 5.75 Å². The van der Waals surface area contributed by atoms with Gasteiger partial charge in [-0.2, -0.15) is 0 Å². The van der Waals surface area contributed by atoms with Crippen molar-refractivity contribution in [3.05, 3.63) is 65.0 Å². The number of nitrogens with one attached hydrogen (secondary N) is 1. The Bertz CT molecular complexity index is 854. The molecule has 3 rings (SSSR count). The number of rotatable bonds is 7. The Morgan fingerprint density at radius 3 is 2.54 bits per heavy atom. The number of methoxy groups -OCH3 is 1. The van der Waals surface area contributed by atoms with Crippen molar-refractivity contribution in [3.8, 4) is 17.0 Å². The average Bonchev–Trinajstić information content (AvgIpc) is 3.12. The molecular weight excluding hydrogens is 344 g/mol. The fourth-order valence-corrected chi connectivity index (χ4v) is 3.35. The molecule has 0 aliphatic rings. The van der Waals surface area contributed by atoms with Crippen LogP contribution in [0.4, 0.5) is 5.13 Å². The molecule has 0 bridgehead atoms. The van der Waals surface area contributed by atoms with E-state index in [-0.39, 0.29) is 5.91 Å². The predicted molar refractivity (Wildman–Crippen MR) is 107 cm³/mol. The normalized spacial score (nSPS) is 10.5. The van der Waals surface area contributed by atoms with E-state index >= 15 is 0 Å². The minimum atomic E-state index is 0.00717. The SMILES string of the molecule is COc1ccc(-c2csc(NC(=O)CCCc3ccc(C)cc3)n2)cc1. The number of amides is 1. The van der Waals surface area contributed by atoms with E-state index in [9.17, 15) is 4.79 Å². The van der Waals surface area contributed by atoms with E-state index in [1.807, 2.05) is 29.6 Å². The Labute approximate surface area is 157 Å². The third-order valence-corrected chi connectivity index (χ3v) is 4.88. The van der Waals surface area contributed by atoms with E-state index in [1.165, 1.54) is 22.5 Å². The van der Waals surface area contributed by atoms with Gasteiger partial charge in [-0.05, 0) is 49.6 Å². The van der Waals surface area contributed by atoms with Crippen LogP contribution in [-0.2, 0) is 11.2 Å². The standard InChI is InChI=1S/C21H22N2O2S/c1-15-6-8-16(9-7-15)4-3-5-20(24)23-21-22-19(14-26-21)17-10-12-18(25-2)13-11-17/h6-14H,3-5H2,1-2H3,(H,22,23,24). The smallest absolute Gasteiger partial charge is 0.226 e. The number of hydrogen-bond donors (Lipinski definition) is 1. The van der Waals surface area contributed by atoms with Gasteiger partial charge in [-0.15, -0.1) is 11.3 Å². The van der Waals surface area contributed by atoms with Crippen molar-refractivity contribution in [2.75, 3.05) is 12.4 Å². The van der Waals surface area contributed by atoms with Crippen molar-refractivity contribution in [2.45, 2.75) is 26.2 Å². The van der Waals surface area contributed by atoms with Gasteiger partial charge in [0.1, 0.15) is 5.75 Å². The van der Waals surface area contributed by atoms with Gasteiger partial charge in [0.25, 0.3) is 0 Å². The molecule has 134 valence electrons. The quantitative estimate of drug-likeness (QED) is 0.634. The summed E-state index contributed by atoms with van der Waals surface area (Å²) in [6.45, 7) is 2.07. The van der Waals surface area contributed by atoms with Crippen LogP contribution in [0.2, 0.25) is 0 Å². The lowest BCUT2D eigenvalue weighted by molar-refractivity contribution is -0.116. The van der Waals surface area contributed by atoms with Crippen molar-refractivity contribution in [2.24, 2.45) is 0 Å². The highest BCUT2D eigenvalue weighted by Crippen LogP contribution is 2.26. The number of aromatic nitrogens is 1. The van der Waals surface area contributed by atoms with Crippen LogP contribution in [0.3, 0.4) is 0 Å². The van der Waals surface area contributed by atoms with Crippen molar-refractivity contribution in [3.63, 3.8) is 0 Å². The molecule has 0 unspecified atom stereocenters. The van der Waals surface area contributed by atoms with Crippen LogP contribution in [0.1, 0.15) is 24.0 Å². The second kappa shape index (κ2) is 8.63. The van der Waals surface area contributed by atoms with Gasteiger partial charge in [0, 0.05) is 17.4 Å². The molecule has 1 aromatic heterocycles. The summed E-state index contributed by atoms with van der Waals surface area (Å²) in [5.74, 6) is 0.818. The zero-order valence-corrected chi connectivity index (χ0v) is 15.8. The number of nitrogens with zero attached hydrogens (tertiary/aromatic N) is 1. The van der Waals surface area contributed by atoms with Gasteiger partial charge in [0.15, 0.2) is 5.13 Å². The number of carbonyl (C=O) groups excluding carboxylic acids is 1. The van der Waals surface area contributed by atoms with Gasteiger partial charge < -0.3 is 10.1 Å². The first-order chi connectivity index (χ1) is 12.6. The highest BCUT2D eigenvalue weighted by Gasteiger charge is 2.08. The van der Waals surface area contributed by atoms with E-state index in [2.05, 4.69) is 41.5 Å². The van der Waals surface area contributed by atoms with Crippen molar-refractivity contribution < 1.29 is 9.53 Å². The van der Waals surface area contributed by atoms with Crippen LogP contribution in [-0.4, -0.2) is 18.0 Å². The zero-order valence-electron chi connectivity index (χ0n) is 15.0. The Kier molecular flexibility index (Phi) is 6.02. The zero-order chi connectivity index (χ0) is 18.4. The summed E-state index contributed by atoms with van der Waals surface area (Å²) in [6, 6.07) is 16.2. The predicted octanol–water partition coefficient (Wildman–Crippen LogP) is 5.09. The Hall–Kier alpha value is -2.66. The number of thiazole rings is 1. The van der Waals surface area contributed by atoms with Gasteiger partial charge >= 0.3 is 0 Å². The monoisotopic (exact) mass is 366 g/mol. The first-order valence-electron chi connectivity index (χ1n) is 8.59. The van der Waals surface area contributed by atoms with Crippen LogP contribution in [0, 0.1) is 6.92 Å². The maximum absolute atomic E-state index is 12.1. The summed E-state index contributed by atoms with van der Waals surface area (Å²) in [4.78, 5) is 16.6. The minimum absolute atomic E-state index is 0.00717. The second-order valence-electron chi connectivity index (χ2n) is 6.15. The number of carbonyl (C=O) groups is 1. The molecular formula is C21H22N2O2S. The molecule has 0 saturated heterocycles. The molecule has 0 fully saturated rings. The lowest BCUT2D eigenvalue weighted by Gasteiger charge is -2.03. The molecule has 0 spiro atoms. The van der Waals surface area contributed by atoms with E-state index in [0.717, 1.165) is 29.8 Å². The minimum Gasteiger partial charge on any atom is -0.497 e. The molecule has 0 radical (unpaired) electrons. The summed E-state index contributed by atoms with van der Waals surface area (Å²) >= 11 is 1.44. The van der Waals surface area contributed by atoms with E-state index in [1.54, 1.807) is 7.11 Å². The molecule has 0 saturated carbocycles. The fraction of sp³-hybridized carbons (Fsp3) is 0.238. The van der Waals surface area contributed by atoms with Crippen LogP contribution >= 0.6 is 11.3 Å². The first-order valence-corrected chi connectivity index (χ1v) is 9.47. The van der Waals surface area contributed by atoms with Gasteiger partial charge in [0.2, 0.25) is 5.91 Å². The van der Waals surface area contributed by atoms with Crippen LogP contribution in [0.15, 0.2) is 53.9 Å². The van der Waals surface area contributed by atoms with E-state index in [0.29, 0.717) is 11.6 Å². The number of anilines is 1. The summed E-state index contributed by atoms with van der Waals surface area (Å²) in [5, 5.41) is 5.48.